The van der Waals surface area contributed by atoms with E-state index in [0.29, 0.717) is 17.2 Å². The van der Waals surface area contributed by atoms with Gasteiger partial charge >= 0.3 is 0 Å². The van der Waals surface area contributed by atoms with Crippen LogP contribution in [0.4, 0.5) is 5.95 Å². The minimum atomic E-state index is 0.203. The summed E-state index contributed by atoms with van der Waals surface area (Å²) in [7, 11) is 0. The third-order valence-electron chi connectivity index (χ3n) is 3.36. The summed E-state index contributed by atoms with van der Waals surface area (Å²) in [5, 5.41) is 0. The number of hydrogen-bond acceptors (Lipinski definition) is 4. The van der Waals surface area contributed by atoms with Gasteiger partial charge in [-0.3, -0.25) is 0 Å². The highest BCUT2D eigenvalue weighted by Gasteiger charge is 2.33. The van der Waals surface area contributed by atoms with Crippen molar-refractivity contribution >= 4 is 21.9 Å². The number of nitrogens with zero attached hydrogens (tertiary/aromatic N) is 2. The fourth-order valence-electron chi connectivity index (χ4n) is 2.95. The van der Waals surface area contributed by atoms with Gasteiger partial charge in [0.15, 0.2) is 0 Å². The van der Waals surface area contributed by atoms with E-state index in [-0.39, 0.29) is 12.1 Å². The van der Waals surface area contributed by atoms with Crippen LogP contribution < -0.4 is 10.5 Å². The lowest BCUT2D eigenvalue weighted by molar-refractivity contribution is 0.0527. The molecule has 1 heterocycles. The Kier molecular flexibility index (Phi) is 3.80. The van der Waals surface area contributed by atoms with Crippen LogP contribution >= 0.6 is 15.9 Å². The van der Waals surface area contributed by atoms with E-state index in [1.54, 1.807) is 6.20 Å². The van der Waals surface area contributed by atoms with E-state index in [1.165, 1.54) is 6.42 Å². The number of aromatic nitrogens is 2. The summed E-state index contributed by atoms with van der Waals surface area (Å²) < 4.78 is 6.75. The molecule has 18 heavy (non-hydrogen) atoms. The van der Waals surface area contributed by atoms with Crippen molar-refractivity contribution in [2.45, 2.75) is 46.1 Å². The molecule has 2 rings (SSSR count). The van der Waals surface area contributed by atoms with Crippen LogP contribution in [0, 0.1) is 11.3 Å². The maximum atomic E-state index is 5.99. The molecule has 0 saturated heterocycles. The number of hydrogen-bond donors (Lipinski definition) is 1. The van der Waals surface area contributed by atoms with Gasteiger partial charge in [-0.15, -0.1) is 0 Å². The Balaban J connectivity index is 2.11. The number of nitrogen functional groups attached to an aromatic ring is 1. The maximum Gasteiger partial charge on any atom is 0.233 e. The molecule has 2 unspecified atom stereocenters. The molecule has 0 spiro atoms. The Morgan fingerprint density at radius 1 is 1.44 bits per heavy atom. The largest absolute Gasteiger partial charge is 0.473 e. The van der Waals surface area contributed by atoms with Gasteiger partial charge in [0.05, 0.1) is 10.7 Å². The molecule has 0 amide bonds. The summed E-state index contributed by atoms with van der Waals surface area (Å²) in [6.45, 7) is 6.87. The number of nitrogens with two attached hydrogens (primary N) is 1. The van der Waals surface area contributed by atoms with Crippen LogP contribution in [-0.2, 0) is 0 Å². The molecule has 100 valence electrons. The normalized spacial score (nSPS) is 26.9. The fraction of sp³-hybridized carbons (Fsp3) is 0.692. The fourth-order valence-corrected chi connectivity index (χ4v) is 3.24. The summed E-state index contributed by atoms with van der Waals surface area (Å²) in [6.07, 6.45) is 5.21. The zero-order valence-electron chi connectivity index (χ0n) is 11.1. The molecule has 1 aliphatic rings. The van der Waals surface area contributed by atoms with Gasteiger partial charge < -0.3 is 10.5 Å². The van der Waals surface area contributed by atoms with Crippen LogP contribution in [0.1, 0.15) is 40.0 Å². The van der Waals surface area contributed by atoms with Crippen LogP contribution in [0.3, 0.4) is 0 Å². The minimum Gasteiger partial charge on any atom is -0.473 e. The van der Waals surface area contributed by atoms with Crippen molar-refractivity contribution in [3.8, 4) is 5.88 Å². The third-order valence-corrected chi connectivity index (χ3v) is 3.90. The molecule has 4 nitrogen and oxygen atoms in total. The highest BCUT2D eigenvalue weighted by atomic mass is 79.9. The van der Waals surface area contributed by atoms with Crippen molar-refractivity contribution in [3.05, 3.63) is 10.7 Å². The van der Waals surface area contributed by atoms with Gasteiger partial charge in [-0.25, -0.2) is 4.98 Å². The topological polar surface area (TPSA) is 61.0 Å². The zero-order chi connectivity index (χ0) is 13.3. The first-order valence-electron chi connectivity index (χ1n) is 6.30. The van der Waals surface area contributed by atoms with E-state index in [4.69, 9.17) is 10.5 Å². The second-order valence-electron chi connectivity index (χ2n) is 6.03. The van der Waals surface area contributed by atoms with Gasteiger partial charge in [-0.1, -0.05) is 20.8 Å². The lowest BCUT2D eigenvalue weighted by atomic mass is 9.71. The molecule has 2 N–H and O–H groups in total. The third kappa shape index (κ3) is 3.34. The van der Waals surface area contributed by atoms with Gasteiger partial charge in [-0.2, -0.15) is 4.98 Å². The molecule has 0 bridgehead atoms. The van der Waals surface area contributed by atoms with Gasteiger partial charge in [0.25, 0.3) is 0 Å². The second-order valence-corrected chi connectivity index (χ2v) is 6.89. The molecule has 1 aromatic heterocycles. The minimum absolute atomic E-state index is 0.203. The lowest BCUT2D eigenvalue weighted by Crippen LogP contribution is -2.34. The maximum absolute atomic E-state index is 5.99. The SMILES string of the molecule is CC1CC(Oc2nc(N)ncc2Br)CC(C)(C)C1. The van der Waals surface area contributed by atoms with E-state index in [2.05, 4.69) is 46.7 Å². The predicted octanol–water partition coefficient (Wildman–Crippen LogP) is 3.41. The Labute approximate surface area is 116 Å². The summed E-state index contributed by atoms with van der Waals surface area (Å²) in [5.74, 6) is 1.48. The van der Waals surface area contributed by atoms with Crippen LogP contribution in [0.2, 0.25) is 0 Å². The van der Waals surface area contributed by atoms with E-state index in [1.807, 2.05) is 0 Å². The monoisotopic (exact) mass is 313 g/mol. The van der Waals surface area contributed by atoms with Crippen molar-refractivity contribution in [1.29, 1.82) is 0 Å². The van der Waals surface area contributed by atoms with Crippen molar-refractivity contribution in [1.82, 2.24) is 9.97 Å². The molecular formula is C13H20BrN3O. The van der Waals surface area contributed by atoms with Crippen LogP contribution in [0.15, 0.2) is 10.7 Å². The second kappa shape index (κ2) is 5.03. The summed E-state index contributed by atoms with van der Waals surface area (Å²) >= 11 is 3.40. The average molecular weight is 314 g/mol. The number of rotatable bonds is 2. The van der Waals surface area contributed by atoms with Crippen molar-refractivity contribution in [2.75, 3.05) is 5.73 Å². The van der Waals surface area contributed by atoms with Gasteiger partial charge in [0.1, 0.15) is 6.10 Å². The Bertz CT molecular complexity index is 436. The molecule has 5 heteroatoms. The first-order valence-corrected chi connectivity index (χ1v) is 7.10. The number of halogens is 1. The quantitative estimate of drug-likeness (QED) is 0.908. The van der Waals surface area contributed by atoms with E-state index >= 15 is 0 Å². The smallest absolute Gasteiger partial charge is 0.233 e. The number of ether oxygens (including phenoxy) is 1. The van der Waals surface area contributed by atoms with Crippen molar-refractivity contribution < 1.29 is 4.74 Å². The van der Waals surface area contributed by atoms with Gasteiger partial charge in [-0.05, 0) is 46.5 Å². The van der Waals surface area contributed by atoms with Crippen LogP contribution in [0.25, 0.3) is 0 Å². The van der Waals surface area contributed by atoms with Crippen LogP contribution in [0.5, 0.6) is 5.88 Å². The van der Waals surface area contributed by atoms with E-state index in [0.717, 1.165) is 17.3 Å². The first-order chi connectivity index (χ1) is 8.35. The van der Waals surface area contributed by atoms with Crippen LogP contribution in [-0.4, -0.2) is 16.1 Å². The summed E-state index contributed by atoms with van der Waals surface area (Å²) in [6, 6.07) is 0. The Hall–Kier alpha value is -0.840. The molecule has 1 aromatic rings. The molecule has 2 atom stereocenters. The predicted molar refractivity (Wildman–Crippen MR) is 75.4 cm³/mol. The van der Waals surface area contributed by atoms with Gasteiger partial charge in [0.2, 0.25) is 11.8 Å². The van der Waals surface area contributed by atoms with E-state index < -0.39 is 0 Å². The molecule has 1 fully saturated rings. The van der Waals surface area contributed by atoms with Crippen molar-refractivity contribution in [2.24, 2.45) is 11.3 Å². The summed E-state index contributed by atoms with van der Waals surface area (Å²) in [4.78, 5) is 8.05. The molecule has 1 aliphatic carbocycles. The molecule has 1 saturated carbocycles. The Morgan fingerprint density at radius 3 is 2.83 bits per heavy atom. The molecule has 0 radical (unpaired) electrons. The van der Waals surface area contributed by atoms with Gasteiger partial charge in [0, 0.05) is 0 Å². The average Bonchev–Trinajstić information content (AvgIpc) is 2.20. The Morgan fingerprint density at radius 2 is 2.17 bits per heavy atom. The van der Waals surface area contributed by atoms with Crippen molar-refractivity contribution in [3.63, 3.8) is 0 Å². The molecule has 0 aromatic carbocycles. The lowest BCUT2D eigenvalue weighted by Gasteiger charge is -2.38. The number of anilines is 1. The zero-order valence-corrected chi connectivity index (χ0v) is 12.7. The standard InChI is InChI=1S/C13H20BrN3O/c1-8-4-9(6-13(2,3)5-8)18-11-10(14)7-16-12(15)17-11/h7-9H,4-6H2,1-3H3,(H2,15,16,17). The molecule has 0 aliphatic heterocycles. The first kappa shape index (κ1) is 13.6. The highest BCUT2D eigenvalue weighted by Crippen LogP contribution is 2.40. The summed E-state index contributed by atoms with van der Waals surface area (Å²) in [5.41, 5.74) is 5.92. The highest BCUT2D eigenvalue weighted by molar-refractivity contribution is 9.10. The van der Waals surface area contributed by atoms with E-state index in [9.17, 15) is 0 Å². The molecular weight excluding hydrogens is 294 g/mol.